The first-order valence-corrected chi connectivity index (χ1v) is 15.2. The third-order valence-electron chi connectivity index (χ3n) is 7.70. The van der Waals surface area contributed by atoms with Gasteiger partial charge in [0.25, 0.3) is 8.32 Å². The predicted octanol–water partition coefficient (Wildman–Crippen LogP) is 3.24. The number of nitrogens with zero attached hydrogens (tertiary/aromatic N) is 4. The zero-order valence-electron chi connectivity index (χ0n) is 22.9. The van der Waals surface area contributed by atoms with Crippen molar-refractivity contribution in [1.29, 1.82) is 0 Å². The average molecular weight is 546 g/mol. The van der Waals surface area contributed by atoms with E-state index in [4.69, 9.17) is 24.4 Å². The molecule has 2 saturated heterocycles. The molecule has 0 spiro atoms. The third kappa shape index (κ3) is 4.36. The monoisotopic (exact) mass is 545 g/mol. The van der Waals surface area contributed by atoms with Gasteiger partial charge in [0.15, 0.2) is 11.4 Å². The van der Waals surface area contributed by atoms with Crippen molar-refractivity contribution in [2.45, 2.75) is 69.9 Å². The van der Waals surface area contributed by atoms with E-state index in [0.717, 1.165) is 5.56 Å². The van der Waals surface area contributed by atoms with E-state index in [0.29, 0.717) is 12.3 Å². The summed E-state index contributed by atoms with van der Waals surface area (Å²) in [6.07, 6.45) is 1.67. The lowest BCUT2D eigenvalue weighted by atomic mass is 10.0. The Balaban J connectivity index is 1.38. The zero-order chi connectivity index (χ0) is 27.4. The van der Waals surface area contributed by atoms with Crippen molar-refractivity contribution in [2.24, 2.45) is 0 Å². The van der Waals surface area contributed by atoms with Crippen LogP contribution in [0, 0.1) is 0 Å². The van der Waals surface area contributed by atoms with Gasteiger partial charge in [0.1, 0.15) is 30.7 Å². The summed E-state index contributed by atoms with van der Waals surface area (Å²) >= 11 is 0. The van der Waals surface area contributed by atoms with Gasteiger partial charge in [-0.1, -0.05) is 81.4 Å². The maximum absolute atomic E-state index is 7.21. The van der Waals surface area contributed by atoms with Crippen LogP contribution in [0.2, 0.25) is 5.04 Å². The average Bonchev–Trinajstić information content (AvgIpc) is 3.56. The highest BCUT2D eigenvalue weighted by atomic mass is 28.4. The standard InChI is InChI=1S/C29H35N5O4Si/c1-28(2,3)39(19-12-8-6-9-13-19,20-14-10-7-11-15-20)35-17-22-24-25(38-29(4,5)37-24)23(36-22)21-16-33-34-26(21)31-18-32-27(34)30/h6-16,18,22-25H,17H2,1-5H3,(H2,30,31,32)/t22-,23?,24-,25+/m1/s1. The lowest BCUT2D eigenvalue weighted by Gasteiger charge is -2.43. The molecule has 2 aliphatic heterocycles. The second-order valence-electron chi connectivity index (χ2n) is 11.7. The number of benzene rings is 2. The highest BCUT2D eigenvalue weighted by Crippen LogP contribution is 2.46. The van der Waals surface area contributed by atoms with Crippen LogP contribution in [0.15, 0.2) is 73.2 Å². The fourth-order valence-electron chi connectivity index (χ4n) is 6.08. The topological polar surface area (TPSA) is 106 Å². The minimum atomic E-state index is -2.77. The van der Waals surface area contributed by atoms with E-state index in [-0.39, 0.29) is 29.3 Å². The van der Waals surface area contributed by atoms with Crippen molar-refractivity contribution in [1.82, 2.24) is 19.6 Å². The molecule has 6 rings (SSSR count). The van der Waals surface area contributed by atoms with Crippen LogP contribution in [0.4, 0.5) is 5.95 Å². The largest absolute Gasteiger partial charge is 0.405 e. The Morgan fingerprint density at radius 3 is 2.18 bits per heavy atom. The van der Waals surface area contributed by atoms with Crippen LogP contribution >= 0.6 is 0 Å². The van der Waals surface area contributed by atoms with Gasteiger partial charge in [-0.3, -0.25) is 0 Å². The fraction of sp³-hybridized carbons (Fsp3) is 0.414. The summed E-state index contributed by atoms with van der Waals surface area (Å²) in [6, 6.07) is 21.2. The Morgan fingerprint density at radius 2 is 1.56 bits per heavy atom. The summed E-state index contributed by atoms with van der Waals surface area (Å²) in [6.45, 7) is 11.0. The molecule has 1 unspecified atom stereocenters. The highest BCUT2D eigenvalue weighted by Gasteiger charge is 2.58. The molecule has 10 heteroatoms. The predicted molar refractivity (Wildman–Crippen MR) is 150 cm³/mol. The van der Waals surface area contributed by atoms with Gasteiger partial charge in [0, 0.05) is 5.56 Å². The summed E-state index contributed by atoms with van der Waals surface area (Å²) in [5.74, 6) is -0.499. The van der Waals surface area contributed by atoms with Gasteiger partial charge in [0.2, 0.25) is 5.95 Å². The van der Waals surface area contributed by atoms with Gasteiger partial charge in [0.05, 0.1) is 12.8 Å². The van der Waals surface area contributed by atoms with E-state index in [1.165, 1.54) is 21.2 Å². The van der Waals surface area contributed by atoms with Crippen LogP contribution < -0.4 is 16.1 Å². The second-order valence-corrected chi connectivity index (χ2v) is 16.0. The van der Waals surface area contributed by atoms with E-state index >= 15 is 0 Å². The molecular weight excluding hydrogens is 510 g/mol. The Hall–Kier alpha value is -3.15. The molecule has 0 radical (unpaired) electrons. The SMILES string of the molecule is CC1(C)O[C@@H]2[C@@H](CO[Si](c3ccccc3)(c3ccccc3)C(C)(C)C)OC(c3cnn4c(N)ncnc34)[C@@H]2O1. The summed E-state index contributed by atoms with van der Waals surface area (Å²) in [7, 11) is -2.77. The Labute approximate surface area is 229 Å². The Kier molecular flexibility index (Phi) is 6.35. The molecule has 4 aromatic rings. The number of nitrogens with two attached hydrogens (primary N) is 1. The fourth-order valence-corrected chi connectivity index (χ4v) is 10.7. The number of nitrogen functional groups attached to an aromatic ring is 1. The number of aromatic nitrogens is 4. The molecule has 2 aromatic heterocycles. The third-order valence-corrected chi connectivity index (χ3v) is 12.7. The molecule has 2 fully saturated rings. The normalized spacial score (nSPS) is 24.7. The maximum atomic E-state index is 7.21. The smallest absolute Gasteiger partial charge is 0.261 e. The van der Waals surface area contributed by atoms with Crippen LogP contribution in [0.3, 0.4) is 0 Å². The van der Waals surface area contributed by atoms with E-state index < -0.39 is 20.2 Å². The van der Waals surface area contributed by atoms with Crippen LogP contribution in [0.5, 0.6) is 0 Å². The van der Waals surface area contributed by atoms with Crippen molar-refractivity contribution in [2.75, 3.05) is 12.3 Å². The first-order valence-electron chi connectivity index (χ1n) is 13.3. The molecule has 9 nitrogen and oxygen atoms in total. The molecule has 0 aliphatic carbocycles. The first kappa shape index (κ1) is 26.1. The van der Waals surface area contributed by atoms with Gasteiger partial charge >= 0.3 is 0 Å². The summed E-state index contributed by atoms with van der Waals surface area (Å²) < 4.78 is 28.2. The van der Waals surface area contributed by atoms with Crippen LogP contribution in [-0.2, 0) is 18.6 Å². The van der Waals surface area contributed by atoms with Crippen LogP contribution in [0.1, 0.15) is 46.3 Å². The number of hydrogen-bond acceptors (Lipinski definition) is 8. The molecule has 204 valence electrons. The van der Waals surface area contributed by atoms with Crippen LogP contribution in [0.25, 0.3) is 5.65 Å². The minimum Gasteiger partial charge on any atom is -0.405 e. The zero-order valence-corrected chi connectivity index (χ0v) is 23.9. The Bertz CT molecular complexity index is 1420. The van der Waals surface area contributed by atoms with E-state index in [1.807, 2.05) is 26.0 Å². The quantitative estimate of drug-likeness (QED) is 0.368. The number of anilines is 1. The number of hydrogen-bond donors (Lipinski definition) is 1. The van der Waals surface area contributed by atoms with Crippen molar-refractivity contribution < 1.29 is 18.6 Å². The molecule has 4 atom stereocenters. The van der Waals surface area contributed by atoms with Crippen molar-refractivity contribution in [3.8, 4) is 0 Å². The molecule has 2 aromatic carbocycles. The van der Waals surface area contributed by atoms with E-state index in [2.05, 4.69) is 84.4 Å². The van der Waals surface area contributed by atoms with Crippen LogP contribution in [-0.4, -0.2) is 58.6 Å². The lowest BCUT2D eigenvalue weighted by Crippen LogP contribution is -2.67. The van der Waals surface area contributed by atoms with Crippen molar-refractivity contribution >= 4 is 30.3 Å². The van der Waals surface area contributed by atoms with Gasteiger partial charge in [-0.05, 0) is 29.3 Å². The lowest BCUT2D eigenvalue weighted by molar-refractivity contribution is -0.190. The van der Waals surface area contributed by atoms with Gasteiger partial charge in [-0.25, -0.2) is 9.97 Å². The van der Waals surface area contributed by atoms with Gasteiger partial charge in [-0.2, -0.15) is 9.61 Å². The van der Waals surface area contributed by atoms with Gasteiger partial charge < -0.3 is 24.4 Å². The molecule has 2 aliphatic rings. The van der Waals surface area contributed by atoms with Gasteiger partial charge in [-0.15, -0.1) is 0 Å². The highest BCUT2D eigenvalue weighted by molar-refractivity contribution is 6.99. The molecular formula is C29H35N5O4Si. The Morgan fingerprint density at radius 1 is 0.949 bits per heavy atom. The van der Waals surface area contributed by atoms with Crippen molar-refractivity contribution in [3.63, 3.8) is 0 Å². The number of ether oxygens (including phenoxy) is 3. The summed E-state index contributed by atoms with van der Waals surface area (Å²) in [4.78, 5) is 8.47. The molecule has 0 bridgehead atoms. The van der Waals surface area contributed by atoms with Crippen molar-refractivity contribution in [3.05, 3.63) is 78.8 Å². The number of rotatable bonds is 6. The molecule has 0 amide bonds. The molecule has 2 N–H and O–H groups in total. The molecule has 0 saturated carbocycles. The van der Waals surface area contributed by atoms with E-state index in [1.54, 1.807) is 6.20 Å². The minimum absolute atomic E-state index is 0.156. The molecule has 4 heterocycles. The number of fused-ring (bicyclic) bond motifs is 2. The summed E-state index contributed by atoms with van der Waals surface area (Å²) in [5.41, 5.74) is 7.41. The molecule has 39 heavy (non-hydrogen) atoms. The summed E-state index contributed by atoms with van der Waals surface area (Å²) in [5, 5.41) is 6.68. The second kappa shape index (κ2) is 9.49. The van der Waals surface area contributed by atoms with E-state index in [9.17, 15) is 0 Å². The maximum Gasteiger partial charge on any atom is 0.261 e. The first-order chi connectivity index (χ1) is 18.6.